The monoisotopic (exact) mass is 951 g/mol. The van der Waals surface area contributed by atoms with Gasteiger partial charge in [0.2, 0.25) is 5.69 Å². The van der Waals surface area contributed by atoms with Gasteiger partial charge in [0.1, 0.15) is 24.3 Å². The van der Waals surface area contributed by atoms with Crippen LogP contribution in [0.3, 0.4) is 0 Å². The zero-order valence-corrected chi connectivity index (χ0v) is 44.4. The number of carboxylic acid groups (broad SMARTS) is 1. The van der Waals surface area contributed by atoms with Crippen LogP contribution in [0.5, 0.6) is 11.5 Å². The largest absolute Gasteiger partial charge is 0.478 e. The number of carbonyl (C=O) groups excluding carboxylic acids is 1. The third kappa shape index (κ3) is 12.0. The molecule has 0 amide bonds. The number of benzene rings is 5. The van der Waals surface area contributed by atoms with Crippen molar-refractivity contribution in [3.05, 3.63) is 196 Å². The van der Waals surface area contributed by atoms with Gasteiger partial charge < -0.3 is 20.5 Å². The first-order valence-electron chi connectivity index (χ1n) is 24.9. The van der Waals surface area contributed by atoms with Crippen LogP contribution in [0.15, 0.2) is 157 Å². The molecular formula is C64H76N3O4+. The Hall–Kier alpha value is -6.99. The number of hydrogen-bond donors (Lipinski definition) is 2. The normalized spacial score (nSPS) is 15.8. The SMILES string of the molecule is C=C(CCCCCN1/C(=C/C=C/C=C/C2=[N+](C)c3ccccc3C2(C)C)C(C)(C)c2ccccc21)C(C)(C)C.C=c1ccc2c(c1)Oc1cc(N)ccc1C=2c1ccccc1C(=O)O.CC(=O)C(C)(C)C. The number of unbranched alkanes of at least 4 members (excludes halogenated alkanes) is 2. The van der Waals surface area contributed by atoms with Gasteiger partial charge in [0.15, 0.2) is 5.71 Å². The summed E-state index contributed by atoms with van der Waals surface area (Å²) >= 11 is 0. The van der Waals surface area contributed by atoms with Crippen molar-refractivity contribution in [3.8, 4) is 11.5 Å². The number of allylic oxidation sites excluding steroid dienone is 7. The minimum absolute atomic E-state index is 0.000716. The number of fused-ring (bicyclic) bond motifs is 4. The molecule has 0 atom stereocenters. The number of hydrogen-bond acceptors (Lipinski definition) is 5. The van der Waals surface area contributed by atoms with Crippen molar-refractivity contribution in [2.45, 2.75) is 113 Å². The van der Waals surface area contributed by atoms with Crippen LogP contribution >= 0.6 is 0 Å². The Balaban J connectivity index is 0.000000219. The third-order valence-electron chi connectivity index (χ3n) is 14.2. The van der Waals surface area contributed by atoms with Gasteiger partial charge in [-0.2, -0.15) is 4.58 Å². The van der Waals surface area contributed by atoms with Gasteiger partial charge in [-0.15, -0.1) is 0 Å². The fraction of sp³-hybridized carbons (Fsp3) is 0.328. The summed E-state index contributed by atoms with van der Waals surface area (Å²) in [7, 11) is 2.17. The molecule has 3 N–H and O–H groups in total. The van der Waals surface area contributed by atoms with E-state index in [0.29, 0.717) is 22.7 Å². The number of rotatable bonds is 11. The maximum atomic E-state index is 11.7. The van der Waals surface area contributed by atoms with E-state index in [4.69, 9.17) is 10.5 Å². The van der Waals surface area contributed by atoms with Crippen molar-refractivity contribution in [3.63, 3.8) is 0 Å². The number of ketones is 1. The average molecular weight is 951 g/mol. The standard InChI is InChI=1S/C37H49N2.C21H15NO3.C6H12O/c1-28(35(2,3)4)20-12-11-19-27-39-32-24-18-16-22-30(32)37(7,8)34(39)26-14-10-13-25-33-36(5,6)29-21-15-17-23-31(29)38(33)9;1-12-6-8-16-18(10-12)25-19-11-13(22)7-9-17(19)20(16)14-4-2-3-5-15(14)21(23)24;1-5(7)6(2,3)4/h10,13-18,21-26H,1,11-12,19-20,27H2,2-9H3;2-11H,1,22H2,(H,23,24);1-4H3/q+1;;. The number of aromatic carboxylic acids is 1. The Morgan fingerprint density at radius 2 is 1.39 bits per heavy atom. The molecule has 0 radical (unpaired) electrons. The summed E-state index contributed by atoms with van der Waals surface area (Å²) in [5, 5.41) is 11.3. The smallest absolute Gasteiger partial charge is 0.336 e. The van der Waals surface area contributed by atoms with Crippen LogP contribution in [0.25, 0.3) is 12.2 Å². The lowest BCUT2D eigenvalue weighted by Gasteiger charge is -2.27. The molecule has 3 aliphatic rings. The molecule has 0 unspecified atom stereocenters. The number of nitrogen functional groups attached to an aromatic ring is 1. The van der Waals surface area contributed by atoms with Crippen molar-refractivity contribution in [1.82, 2.24) is 0 Å². The van der Waals surface area contributed by atoms with Crippen LogP contribution in [0.4, 0.5) is 17.1 Å². The molecule has 71 heavy (non-hydrogen) atoms. The number of ether oxygens (including phenoxy) is 1. The lowest BCUT2D eigenvalue weighted by atomic mass is 9.81. The molecule has 0 fully saturated rings. The van der Waals surface area contributed by atoms with Crippen LogP contribution < -0.4 is 25.8 Å². The minimum atomic E-state index is -0.970. The molecule has 3 aliphatic heterocycles. The number of para-hydroxylation sites is 2. The Morgan fingerprint density at radius 1 is 0.746 bits per heavy atom. The lowest BCUT2D eigenvalue weighted by Crippen LogP contribution is -2.27. The van der Waals surface area contributed by atoms with E-state index in [0.717, 1.165) is 34.5 Å². The third-order valence-corrected chi connectivity index (χ3v) is 14.2. The summed E-state index contributed by atoms with van der Waals surface area (Å²) in [6, 6.07) is 35.7. The molecular weight excluding hydrogens is 875 g/mol. The molecule has 370 valence electrons. The second-order valence-electron chi connectivity index (χ2n) is 22.1. The highest BCUT2D eigenvalue weighted by Crippen LogP contribution is 2.48. The van der Waals surface area contributed by atoms with Gasteiger partial charge in [0.05, 0.1) is 11.0 Å². The first-order valence-corrected chi connectivity index (χ1v) is 24.9. The van der Waals surface area contributed by atoms with Crippen LogP contribution in [-0.4, -0.2) is 40.7 Å². The fourth-order valence-electron chi connectivity index (χ4n) is 9.33. The first kappa shape index (κ1) is 53.4. The van der Waals surface area contributed by atoms with Gasteiger partial charge in [0.25, 0.3) is 0 Å². The van der Waals surface area contributed by atoms with Crippen LogP contribution in [0, 0.1) is 10.8 Å². The highest BCUT2D eigenvalue weighted by atomic mass is 16.5. The van der Waals surface area contributed by atoms with E-state index in [9.17, 15) is 14.7 Å². The highest BCUT2D eigenvalue weighted by Gasteiger charge is 2.42. The van der Waals surface area contributed by atoms with Gasteiger partial charge in [-0.1, -0.05) is 165 Å². The van der Waals surface area contributed by atoms with Crippen LogP contribution in [0.2, 0.25) is 0 Å². The van der Waals surface area contributed by atoms with Gasteiger partial charge in [-0.3, -0.25) is 4.79 Å². The second kappa shape index (κ2) is 21.6. The summed E-state index contributed by atoms with van der Waals surface area (Å²) < 4.78 is 8.33. The quantitative estimate of drug-likeness (QED) is 0.0442. The fourth-order valence-corrected chi connectivity index (χ4v) is 9.33. The summed E-state index contributed by atoms with van der Waals surface area (Å²) in [6.45, 7) is 32.8. The topological polar surface area (TPSA) is 95.9 Å². The van der Waals surface area contributed by atoms with Gasteiger partial charge in [-0.25, -0.2) is 4.79 Å². The van der Waals surface area contributed by atoms with Crippen molar-refractivity contribution < 1.29 is 24.0 Å². The number of carboxylic acids is 1. The predicted octanol–water partition coefficient (Wildman–Crippen LogP) is 14.0. The summed E-state index contributed by atoms with van der Waals surface area (Å²) in [6.07, 6.45) is 15.9. The number of anilines is 2. The van der Waals surface area contributed by atoms with E-state index in [1.54, 1.807) is 31.2 Å². The van der Waals surface area contributed by atoms with Crippen LogP contribution in [0.1, 0.15) is 134 Å². The maximum absolute atomic E-state index is 11.7. The predicted molar refractivity (Wildman–Crippen MR) is 298 cm³/mol. The number of nitrogens with zero attached hydrogens (tertiary/aromatic N) is 2. The highest BCUT2D eigenvalue weighted by molar-refractivity contribution is 6.03. The molecule has 0 saturated heterocycles. The van der Waals surface area contributed by atoms with Crippen molar-refractivity contribution in [1.29, 1.82) is 0 Å². The average Bonchev–Trinajstić information content (AvgIpc) is 3.64. The van der Waals surface area contributed by atoms with E-state index in [-0.39, 0.29) is 33.0 Å². The second-order valence-corrected chi connectivity index (χ2v) is 22.1. The molecule has 7 heteroatoms. The number of nitrogens with two attached hydrogens (primary N) is 1. The Kier molecular flexibility index (Phi) is 16.2. The van der Waals surface area contributed by atoms with E-state index < -0.39 is 5.97 Å². The number of carbonyl (C=O) groups is 2. The molecule has 5 aromatic rings. The summed E-state index contributed by atoms with van der Waals surface area (Å²) in [5.74, 6) is 0.517. The summed E-state index contributed by atoms with van der Waals surface area (Å²) in [4.78, 5) is 24.7. The first-order chi connectivity index (χ1) is 33.3. The molecule has 8 rings (SSSR count). The van der Waals surface area contributed by atoms with E-state index >= 15 is 0 Å². The number of Topliss-reactive ketones (excluding diaryl/α,β-unsaturated/α-hetero) is 1. The van der Waals surface area contributed by atoms with Gasteiger partial charge in [-0.05, 0) is 98.2 Å². The molecule has 0 saturated carbocycles. The zero-order chi connectivity index (χ0) is 52.1. The van der Waals surface area contributed by atoms with Gasteiger partial charge in [0, 0.05) is 74.6 Å². The Bertz CT molecular complexity index is 3070. The van der Waals surface area contributed by atoms with Crippen molar-refractivity contribution in [2.75, 3.05) is 24.2 Å². The molecule has 3 heterocycles. The molecule has 0 aromatic heterocycles. The maximum Gasteiger partial charge on any atom is 0.336 e. The summed E-state index contributed by atoms with van der Waals surface area (Å²) in [5.41, 5.74) is 18.6. The van der Waals surface area contributed by atoms with E-state index in [1.807, 2.05) is 57.2 Å². The van der Waals surface area contributed by atoms with E-state index in [1.165, 1.54) is 58.7 Å². The molecule has 5 aromatic carbocycles. The minimum Gasteiger partial charge on any atom is -0.478 e. The molecule has 7 nitrogen and oxygen atoms in total. The van der Waals surface area contributed by atoms with E-state index in [2.05, 4.69) is 157 Å². The lowest BCUT2D eigenvalue weighted by molar-refractivity contribution is -0.401. The van der Waals surface area contributed by atoms with Gasteiger partial charge >= 0.3 is 5.97 Å². The molecule has 0 bridgehead atoms. The Labute approximate surface area is 423 Å². The zero-order valence-electron chi connectivity index (χ0n) is 44.4. The van der Waals surface area contributed by atoms with Crippen LogP contribution in [-0.2, 0) is 15.6 Å². The van der Waals surface area contributed by atoms with Crippen molar-refractivity contribution >= 4 is 46.7 Å². The molecule has 0 aliphatic carbocycles. The van der Waals surface area contributed by atoms with Crippen molar-refractivity contribution in [2.24, 2.45) is 10.8 Å². The Morgan fingerprint density at radius 3 is 2.06 bits per heavy atom. The molecule has 0 spiro atoms.